The number of piperidine rings is 1. The van der Waals surface area contributed by atoms with Crippen molar-refractivity contribution in [2.45, 2.75) is 25.8 Å². The summed E-state index contributed by atoms with van der Waals surface area (Å²) in [6, 6.07) is 11.9. The maximum atomic E-state index is 12.4. The number of nitrogens with zero attached hydrogens (tertiary/aromatic N) is 1. The van der Waals surface area contributed by atoms with E-state index in [4.69, 9.17) is 25.8 Å². The normalized spacial score (nSPS) is 16.7. The van der Waals surface area contributed by atoms with E-state index in [-0.39, 0.29) is 12.3 Å². The van der Waals surface area contributed by atoms with E-state index in [1.165, 1.54) is 5.56 Å². The number of amides is 1. The van der Waals surface area contributed by atoms with E-state index in [1.54, 1.807) is 13.2 Å². The first-order chi connectivity index (χ1) is 15.1. The van der Waals surface area contributed by atoms with Gasteiger partial charge in [0.05, 0.1) is 18.6 Å². The highest BCUT2D eigenvalue weighted by Crippen LogP contribution is 2.38. The Morgan fingerprint density at radius 1 is 1.13 bits per heavy atom. The molecule has 0 atom stereocenters. The quantitative estimate of drug-likeness (QED) is 0.705. The molecule has 0 radical (unpaired) electrons. The van der Waals surface area contributed by atoms with Crippen LogP contribution in [0.4, 0.5) is 0 Å². The Balaban J connectivity index is 1.20. The van der Waals surface area contributed by atoms with Crippen molar-refractivity contribution >= 4 is 17.5 Å². The second-order valence-electron chi connectivity index (χ2n) is 8.15. The lowest BCUT2D eigenvalue weighted by Crippen LogP contribution is -2.38. The van der Waals surface area contributed by atoms with Crippen LogP contribution < -0.4 is 19.5 Å². The molecule has 1 N–H and O–H groups in total. The van der Waals surface area contributed by atoms with Gasteiger partial charge in [-0.25, -0.2) is 0 Å². The van der Waals surface area contributed by atoms with Crippen molar-refractivity contribution in [1.29, 1.82) is 0 Å². The maximum absolute atomic E-state index is 12.4. The zero-order valence-electron chi connectivity index (χ0n) is 17.9. The van der Waals surface area contributed by atoms with Gasteiger partial charge in [-0.05, 0) is 67.2 Å². The van der Waals surface area contributed by atoms with Gasteiger partial charge in [0, 0.05) is 13.1 Å². The zero-order chi connectivity index (χ0) is 21.6. The summed E-state index contributed by atoms with van der Waals surface area (Å²) in [5.41, 5.74) is 2.13. The molecular weight excluding hydrogens is 416 g/mol. The molecule has 4 rings (SSSR count). The summed E-state index contributed by atoms with van der Waals surface area (Å²) in [6.07, 6.45) is 2.46. The number of rotatable bonds is 7. The number of fused-ring (bicyclic) bond motifs is 1. The fourth-order valence-electron chi connectivity index (χ4n) is 4.11. The molecule has 2 heterocycles. The van der Waals surface area contributed by atoms with Crippen LogP contribution in [0.25, 0.3) is 0 Å². The Bertz CT molecular complexity index is 895. The molecule has 1 amide bonds. The van der Waals surface area contributed by atoms with E-state index in [0.717, 1.165) is 43.8 Å². The van der Waals surface area contributed by atoms with Gasteiger partial charge in [-0.3, -0.25) is 9.69 Å². The van der Waals surface area contributed by atoms with Crippen LogP contribution in [0.5, 0.6) is 17.2 Å². The van der Waals surface area contributed by atoms with Crippen LogP contribution in [-0.4, -0.2) is 50.8 Å². The van der Waals surface area contributed by atoms with E-state index in [9.17, 15) is 4.79 Å². The summed E-state index contributed by atoms with van der Waals surface area (Å²) in [5.74, 6) is 2.59. The molecule has 1 fully saturated rings. The molecule has 0 aliphatic carbocycles. The molecule has 2 aromatic carbocycles. The number of hydrogen-bond acceptors (Lipinski definition) is 5. The molecule has 166 valence electrons. The number of likely N-dealkylation sites (tertiary alicyclic amines) is 1. The van der Waals surface area contributed by atoms with Gasteiger partial charge >= 0.3 is 0 Å². The van der Waals surface area contributed by atoms with Gasteiger partial charge in [0.1, 0.15) is 19.0 Å². The van der Waals surface area contributed by atoms with Crippen LogP contribution in [0, 0.1) is 5.92 Å². The van der Waals surface area contributed by atoms with Crippen LogP contribution in [0.1, 0.15) is 24.0 Å². The number of methoxy groups -OCH3 is 1. The lowest BCUT2D eigenvalue weighted by molar-refractivity contribution is -0.120. The Hall–Kier alpha value is -2.44. The molecule has 2 aliphatic heterocycles. The van der Waals surface area contributed by atoms with Crippen molar-refractivity contribution < 1.29 is 19.0 Å². The van der Waals surface area contributed by atoms with E-state index in [1.807, 2.05) is 18.2 Å². The predicted molar refractivity (Wildman–Crippen MR) is 120 cm³/mol. The lowest BCUT2D eigenvalue weighted by Gasteiger charge is -2.32. The van der Waals surface area contributed by atoms with Crippen molar-refractivity contribution in [3.8, 4) is 17.2 Å². The summed E-state index contributed by atoms with van der Waals surface area (Å²) in [7, 11) is 1.68. The number of halogens is 1. The van der Waals surface area contributed by atoms with Crippen LogP contribution in [0.3, 0.4) is 0 Å². The highest BCUT2D eigenvalue weighted by molar-refractivity contribution is 6.32. The minimum Gasteiger partial charge on any atom is -0.497 e. The highest BCUT2D eigenvalue weighted by Gasteiger charge is 2.21. The van der Waals surface area contributed by atoms with Crippen LogP contribution in [0.15, 0.2) is 36.4 Å². The van der Waals surface area contributed by atoms with E-state index < -0.39 is 0 Å². The Morgan fingerprint density at radius 3 is 2.61 bits per heavy atom. The number of hydrogen-bond donors (Lipinski definition) is 1. The number of nitrogens with one attached hydrogen (secondary N) is 1. The predicted octanol–water partition coefficient (Wildman–Crippen LogP) is 3.69. The summed E-state index contributed by atoms with van der Waals surface area (Å²) in [6.45, 7) is 4.75. The molecule has 0 saturated carbocycles. The Morgan fingerprint density at radius 2 is 1.87 bits per heavy atom. The van der Waals surface area contributed by atoms with Crippen molar-refractivity contribution in [3.63, 3.8) is 0 Å². The van der Waals surface area contributed by atoms with Crippen molar-refractivity contribution in [2.75, 3.05) is 40.0 Å². The third-order valence-corrected chi connectivity index (χ3v) is 6.16. The van der Waals surface area contributed by atoms with E-state index >= 15 is 0 Å². The molecular formula is C24H29ClN2O4. The first kappa shape index (κ1) is 21.8. The fraction of sp³-hybridized carbons (Fsp3) is 0.458. The second-order valence-corrected chi connectivity index (χ2v) is 8.56. The lowest BCUT2D eigenvalue weighted by atomic mass is 9.96. The molecule has 2 aliphatic rings. The SMILES string of the molecule is COc1ccc(CN2CCC(CNC(=O)Cc3cc(Cl)c4c(c3)OCCO4)CC2)cc1. The monoisotopic (exact) mass is 444 g/mol. The number of benzene rings is 2. The molecule has 0 aromatic heterocycles. The summed E-state index contributed by atoms with van der Waals surface area (Å²) < 4.78 is 16.3. The van der Waals surface area contributed by atoms with Gasteiger partial charge in [-0.1, -0.05) is 23.7 Å². The third kappa shape index (κ3) is 5.83. The molecule has 2 aromatic rings. The summed E-state index contributed by atoms with van der Waals surface area (Å²) in [4.78, 5) is 14.9. The van der Waals surface area contributed by atoms with Gasteiger partial charge in [0.2, 0.25) is 5.91 Å². The molecule has 1 saturated heterocycles. The minimum absolute atomic E-state index is 0.00778. The minimum atomic E-state index is 0.00778. The van der Waals surface area contributed by atoms with Crippen LogP contribution in [-0.2, 0) is 17.8 Å². The summed E-state index contributed by atoms with van der Waals surface area (Å²) >= 11 is 6.27. The molecule has 7 heteroatoms. The smallest absolute Gasteiger partial charge is 0.224 e. The first-order valence-corrected chi connectivity index (χ1v) is 11.2. The summed E-state index contributed by atoms with van der Waals surface area (Å²) in [5, 5.41) is 3.58. The molecule has 0 spiro atoms. The molecule has 0 bridgehead atoms. The zero-order valence-corrected chi connectivity index (χ0v) is 18.6. The number of carbonyl (C=O) groups excluding carboxylic acids is 1. The highest BCUT2D eigenvalue weighted by atomic mass is 35.5. The topological polar surface area (TPSA) is 60.0 Å². The number of ether oxygens (including phenoxy) is 3. The van der Waals surface area contributed by atoms with Crippen molar-refractivity contribution in [3.05, 3.63) is 52.5 Å². The van der Waals surface area contributed by atoms with Crippen LogP contribution >= 0.6 is 11.6 Å². The van der Waals surface area contributed by atoms with Gasteiger partial charge in [-0.15, -0.1) is 0 Å². The van der Waals surface area contributed by atoms with E-state index in [0.29, 0.717) is 42.2 Å². The Kier molecular flexibility index (Phi) is 7.20. The largest absolute Gasteiger partial charge is 0.497 e. The average molecular weight is 445 g/mol. The van der Waals surface area contributed by atoms with Crippen molar-refractivity contribution in [2.24, 2.45) is 5.92 Å². The van der Waals surface area contributed by atoms with Crippen LogP contribution in [0.2, 0.25) is 5.02 Å². The molecule has 0 unspecified atom stereocenters. The van der Waals surface area contributed by atoms with Gasteiger partial charge in [-0.2, -0.15) is 0 Å². The fourth-order valence-corrected chi connectivity index (χ4v) is 4.40. The average Bonchev–Trinajstić information content (AvgIpc) is 2.79. The maximum Gasteiger partial charge on any atom is 0.224 e. The first-order valence-electron chi connectivity index (χ1n) is 10.8. The molecule has 6 nitrogen and oxygen atoms in total. The number of carbonyl (C=O) groups is 1. The van der Waals surface area contributed by atoms with Gasteiger partial charge in [0.15, 0.2) is 11.5 Å². The third-order valence-electron chi connectivity index (χ3n) is 5.88. The molecule has 31 heavy (non-hydrogen) atoms. The second kappa shape index (κ2) is 10.2. The Labute approximate surface area is 188 Å². The van der Waals surface area contributed by atoms with Crippen molar-refractivity contribution in [1.82, 2.24) is 10.2 Å². The van der Waals surface area contributed by atoms with Gasteiger partial charge < -0.3 is 19.5 Å². The standard InChI is InChI=1S/C24H29ClN2O4/c1-29-20-4-2-18(3-5-20)16-27-8-6-17(7-9-27)15-26-23(28)14-19-12-21(25)24-22(13-19)30-10-11-31-24/h2-5,12-13,17H,6-11,14-16H2,1H3,(H,26,28). The van der Waals surface area contributed by atoms with E-state index in [2.05, 4.69) is 22.3 Å². The van der Waals surface area contributed by atoms with Gasteiger partial charge in [0.25, 0.3) is 0 Å².